The van der Waals surface area contributed by atoms with Gasteiger partial charge in [0.05, 0.1) is 7.11 Å². The van der Waals surface area contributed by atoms with Crippen LogP contribution in [0.4, 0.5) is 4.79 Å². The molecule has 2 aromatic carbocycles. The fourth-order valence-electron chi connectivity index (χ4n) is 1.87. The molecule has 0 aromatic heterocycles. The lowest BCUT2D eigenvalue weighted by molar-refractivity contribution is -0.204. The van der Waals surface area contributed by atoms with E-state index in [4.69, 9.17) is 0 Å². The van der Waals surface area contributed by atoms with E-state index in [0.717, 1.165) is 0 Å². The van der Waals surface area contributed by atoms with Gasteiger partial charge in [-0.05, 0) is 0 Å². The maximum atomic E-state index is 12.3. The molecule has 2 rings (SSSR count). The predicted molar refractivity (Wildman–Crippen MR) is 76.6 cm³/mol. The van der Waals surface area contributed by atoms with Crippen molar-refractivity contribution in [1.82, 2.24) is 0 Å². The highest BCUT2D eigenvalue weighted by molar-refractivity contribution is 6.82. The minimum Gasteiger partial charge on any atom is -0.311 e. The Morgan fingerprint density at radius 3 is 2.35 bits per heavy atom. The molecule has 0 N–H and O–H groups in total. The summed E-state index contributed by atoms with van der Waals surface area (Å²) >= 11 is 0. The van der Waals surface area contributed by atoms with Crippen molar-refractivity contribution in [1.29, 1.82) is 0 Å². The number of rotatable bonds is 5. The molecule has 0 bridgehead atoms. The minimum absolute atomic E-state index is 0.0593. The highest BCUT2D eigenvalue weighted by Gasteiger charge is 2.12. The van der Waals surface area contributed by atoms with Crippen LogP contribution in [0.5, 0.6) is 0 Å². The van der Waals surface area contributed by atoms with Crippen molar-refractivity contribution in [2.24, 2.45) is 0 Å². The molecule has 0 atom stereocenters. The van der Waals surface area contributed by atoms with E-state index in [1.54, 1.807) is 36.4 Å². The number of ketones is 1. The third-order valence-electron chi connectivity index (χ3n) is 2.75. The quantitative estimate of drug-likeness (QED) is 0.358. The molecule has 100 valence electrons. The van der Waals surface area contributed by atoms with E-state index < -0.39 is 5.87 Å². The van der Waals surface area contributed by atoms with E-state index in [-0.39, 0.29) is 13.1 Å². The topological polar surface area (TPSA) is 52.6 Å². The predicted octanol–water partition coefficient (Wildman–Crippen LogP) is 1.68. The second kappa shape index (κ2) is 6.68. The SMILES string of the molecule is COOC(=O)Bc1cccc(C(=O)c2ccccc2)c1. The molecule has 0 amide bonds. The zero-order valence-electron chi connectivity index (χ0n) is 11.0. The smallest absolute Gasteiger partial charge is 0.298 e. The molecule has 0 saturated heterocycles. The molecule has 4 nitrogen and oxygen atoms in total. The van der Waals surface area contributed by atoms with Gasteiger partial charge in [-0.1, -0.05) is 60.1 Å². The highest BCUT2D eigenvalue weighted by Crippen LogP contribution is 2.08. The molecule has 0 aliphatic rings. The maximum absolute atomic E-state index is 12.3. The van der Waals surface area contributed by atoms with E-state index in [2.05, 4.69) is 9.78 Å². The van der Waals surface area contributed by atoms with Gasteiger partial charge in [0.2, 0.25) is 0 Å². The van der Waals surface area contributed by atoms with Crippen LogP contribution in [-0.4, -0.2) is 26.0 Å². The molecule has 2 aromatic rings. The van der Waals surface area contributed by atoms with Crippen molar-refractivity contribution in [3.63, 3.8) is 0 Å². The first-order valence-electron chi connectivity index (χ1n) is 6.13. The zero-order valence-corrected chi connectivity index (χ0v) is 11.0. The van der Waals surface area contributed by atoms with Gasteiger partial charge in [0.25, 0.3) is 13.1 Å². The van der Waals surface area contributed by atoms with Gasteiger partial charge < -0.3 is 4.89 Å². The van der Waals surface area contributed by atoms with Gasteiger partial charge in [-0.15, -0.1) is 0 Å². The first kappa shape index (κ1) is 14.0. The van der Waals surface area contributed by atoms with Crippen LogP contribution in [0, 0.1) is 0 Å². The van der Waals surface area contributed by atoms with E-state index >= 15 is 0 Å². The second-order valence-electron chi connectivity index (χ2n) is 4.19. The molecule has 0 saturated carbocycles. The Balaban J connectivity index is 2.18. The summed E-state index contributed by atoms with van der Waals surface area (Å²) in [6.07, 6.45) is 0. The normalized spacial score (nSPS) is 9.85. The Kier molecular flexibility index (Phi) is 4.68. The third kappa shape index (κ3) is 3.55. The van der Waals surface area contributed by atoms with E-state index in [9.17, 15) is 9.59 Å². The molecule has 0 heterocycles. The Morgan fingerprint density at radius 1 is 0.950 bits per heavy atom. The summed E-state index contributed by atoms with van der Waals surface area (Å²) in [4.78, 5) is 32.3. The molecule has 0 fully saturated rings. The van der Waals surface area contributed by atoms with E-state index in [1.807, 2.05) is 18.2 Å². The summed E-state index contributed by atoms with van der Waals surface area (Å²) in [6, 6.07) is 15.9. The average Bonchev–Trinajstić information content (AvgIpc) is 2.48. The summed E-state index contributed by atoms with van der Waals surface area (Å²) in [7, 11) is 1.33. The summed E-state index contributed by atoms with van der Waals surface area (Å²) in [5, 5.41) is 0. The van der Waals surface area contributed by atoms with Gasteiger partial charge in [0.1, 0.15) is 0 Å². The monoisotopic (exact) mass is 268 g/mol. The molecule has 5 heteroatoms. The van der Waals surface area contributed by atoms with E-state index in [0.29, 0.717) is 16.6 Å². The van der Waals surface area contributed by atoms with Crippen molar-refractivity contribution < 1.29 is 19.4 Å². The Bertz CT molecular complexity index is 610. The number of carbonyl (C=O) groups excluding carboxylic acids is 2. The summed E-state index contributed by atoms with van der Waals surface area (Å²) in [5.41, 5.74) is 1.86. The summed E-state index contributed by atoms with van der Waals surface area (Å²) < 4.78 is 0. The first-order chi connectivity index (χ1) is 9.70. The van der Waals surface area contributed by atoms with Crippen LogP contribution in [0.15, 0.2) is 54.6 Å². The van der Waals surface area contributed by atoms with Gasteiger partial charge in [-0.3, -0.25) is 9.59 Å². The van der Waals surface area contributed by atoms with Crippen LogP contribution >= 0.6 is 0 Å². The van der Waals surface area contributed by atoms with Gasteiger partial charge in [0, 0.05) is 11.1 Å². The van der Waals surface area contributed by atoms with Crippen LogP contribution < -0.4 is 5.46 Å². The molecule has 0 spiro atoms. The number of carbonyl (C=O) groups is 2. The van der Waals surface area contributed by atoms with E-state index in [1.165, 1.54) is 7.11 Å². The average molecular weight is 268 g/mol. The Hall–Kier alpha value is -2.40. The zero-order chi connectivity index (χ0) is 14.4. The van der Waals surface area contributed by atoms with Gasteiger partial charge in [-0.2, -0.15) is 4.89 Å². The minimum atomic E-state index is -0.503. The first-order valence-corrected chi connectivity index (χ1v) is 6.13. The van der Waals surface area contributed by atoms with Crippen molar-refractivity contribution in [3.8, 4) is 0 Å². The Labute approximate surface area is 117 Å². The van der Waals surface area contributed by atoms with Gasteiger partial charge >= 0.3 is 0 Å². The van der Waals surface area contributed by atoms with Crippen molar-refractivity contribution in [2.75, 3.05) is 7.11 Å². The van der Waals surface area contributed by atoms with Crippen LogP contribution in [0.3, 0.4) is 0 Å². The molecule has 0 unspecified atom stereocenters. The highest BCUT2D eigenvalue weighted by atomic mass is 17.2. The van der Waals surface area contributed by atoms with Crippen LogP contribution in [0.1, 0.15) is 15.9 Å². The molecule has 0 aliphatic heterocycles. The number of hydrogen-bond donors (Lipinski definition) is 0. The third-order valence-corrected chi connectivity index (χ3v) is 2.75. The number of hydrogen-bond acceptors (Lipinski definition) is 4. The molecule has 0 radical (unpaired) electrons. The molecular weight excluding hydrogens is 255 g/mol. The van der Waals surface area contributed by atoms with Crippen molar-refractivity contribution >= 4 is 24.4 Å². The largest absolute Gasteiger partial charge is 0.311 e. The standard InChI is InChI=1S/C15H13BO4/c1-19-20-15(18)16-13-9-5-8-12(10-13)14(17)11-6-3-2-4-7-11/h2-10,16H,1H3. The van der Waals surface area contributed by atoms with Crippen LogP contribution in [0.2, 0.25) is 0 Å². The fourth-order valence-corrected chi connectivity index (χ4v) is 1.87. The van der Waals surface area contributed by atoms with Crippen LogP contribution in [0.25, 0.3) is 0 Å². The van der Waals surface area contributed by atoms with Crippen LogP contribution in [-0.2, 0) is 9.78 Å². The second-order valence-corrected chi connectivity index (χ2v) is 4.19. The molecular formula is C15H13BO4. The lowest BCUT2D eigenvalue weighted by atomic mass is 9.70. The fraction of sp³-hybridized carbons (Fsp3) is 0.0667. The van der Waals surface area contributed by atoms with Crippen molar-refractivity contribution in [2.45, 2.75) is 0 Å². The summed E-state index contributed by atoms with van der Waals surface area (Å²) in [5.74, 6) is -0.579. The van der Waals surface area contributed by atoms with Gasteiger partial charge in [-0.25, -0.2) is 0 Å². The Morgan fingerprint density at radius 2 is 1.65 bits per heavy atom. The van der Waals surface area contributed by atoms with Crippen molar-refractivity contribution in [3.05, 3.63) is 65.7 Å². The number of benzene rings is 2. The van der Waals surface area contributed by atoms with Gasteiger partial charge in [0.15, 0.2) is 5.78 Å². The lowest BCUT2D eigenvalue weighted by Gasteiger charge is -2.04. The lowest BCUT2D eigenvalue weighted by Crippen LogP contribution is -2.25. The molecule has 20 heavy (non-hydrogen) atoms. The maximum Gasteiger partial charge on any atom is 0.298 e. The molecule has 0 aliphatic carbocycles. The summed E-state index contributed by atoms with van der Waals surface area (Å²) in [6.45, 7) is 0.